The van der Waals surface area contributed by atoms with Gasteiger partial charge in [-0.15, -0.1) is 0 Å². The van der Waals surface area contributed by atoms with Crippen molar-refractivity contribution >= 4 is 17.8 Å². The third kappa shape index (κ3) is 3.63. The second-order valence-electron chi connectivity index (χ2n) is 7.72. The average Bonchev–Trinajstić information content (AvgIpc) is 2.82. The molecule has 2 aliphatic rings. The van der Waals surface area contributed by atoms with Crippen LogP contribution < -0.4 is 4.90 Å². The number of ether oxygens (including phenoxy) is 1. The van der Waals surface area contributed by atoms with Crippen molar-refractivity contribution in [1.82, 2.24) is 19.8 Å². The van der Waals surface area contributed by atoms with Crippen LogP contribution in [0.2, 0.25) is 0 Å². The van der Waals surface area contributed by atoms with Gasteiger partial charge in [-0.3, -0.25) is 9.69 Å². The van der Waals surface area contributed by atoms with Crippen molar-refractivity contribution in [2.45, 2.75) is 39.2 Å². The van der Waals surface area contributed by atoms with Crippen molar-refractivity contribution < 1.29 is 14.3 Å². The molecule has 3 rings (SSSR count). The molecular weight excluding hydrogens is 346 g/mol. The predicted molar refractivity (Wildman–Crippen MR) is 101 cm³/mol. The maximum Gasteiger partial charge on any atom is 0.327 e. The molecule has 0 radical (unpaired) electrons. The zero-order valence-electron chi connectivity index (χ0n) is 16.6. The molecule has 3 heterocycles. The van der Waals surface area contributed by atoms with Gasteiger partial charge in [-0.05, 0) is 31.7 Å². The number of carbonyl (C=O) groups is 2. The normalized spacial score (nSPS) is 19.7. The van der Waals surface area contributed by atoms with Crippen LogP contribution in [0.15, 0.2) is 12.3 Å². The molecule has 0 atom stereocenters. The Hall–Kier alpha value is -2.22. The van der Waals surface area contributed by atoms with Gasteiger partial charge < -0.3 is 14.5 Å². The van der Waals surface area contributed by atoms with Gasteiger partial charge in [0.1, 0.15) is 17.2 Å². The zero-order chi connectivity index (χ0) is 19.6. The molecule has 1 spiro atoms. The summed E-state index contributed by atoms with van der Waals surface area (Å²) in [5.74, 6) is 1.82. The van der Waals surface area contributed by atoms with E-state index in [2.05, 4.69) is 28.7 Å². The third-order valence-electron chi connectivity index (χ3n) is 5.36. The Morgan fingerprint density at radius 1 is 1.26 bits per heavy atom. The summed E-state index contributed by atoms with van der Waals surface area (Å²) >= 11 is 0. The smallest absolute Gasteiger partial charge is 0.327 e. The lowest BCUT2D eigenvalue weighted by Crippen LogP contribution is -2.57. The fraction of sp³-hybridized carbons (Fsp3) is 0.684. The van der Waals surface area contributed by atoms with Crippen molar-refractivity contribution in [2.75, 3.05) is 44.8 Å². The lowest BCUT2D eigenvalue weighted by Gasteiger charge is -2.43. The molecule has 2 aliphatic heterocycles. The van der Waals surface area contributed by atoms with Crippen LogP contribution >= 0.6 is 0 Å². The van der Waals surface area contributed by atoms with E-state index in [9.17, 15) is 9.59 Å². The molecule has 1 aromatic rings. The number of nitrogens with zero attached hydrogens (tertiary/aromatic N) is 5. The van der Waals surface area contributed by atoms with E-state index in [1.165, 1.54) is 4.90 Å². The minimum atomic E-state index is -0.742. The van der Waals surface area contributed by atoms with E-state index in [-0.39, 0.29) is 11.9 Å². The molecule has 0 saturated carbocycles. The summed E-state index contributed by atoms with van der Waals surface area (Å²) < 4.78 is 5.09. The van der Waals surface area contributed by atoms with Gasteiger partial charge in [-0.1, -0.05) is 13.8 Å². The van der Waals surface area contributed by atoms with Crippen LogP contribution in [0.25, 0.3) is 0 Å². The number of hydrogen-bond acceptors (Lipinski definition) is 6. The number of methoxy groups -OCH3 is 1. The Kier molecular flexibility index (Phi) is 5.64. The molecule has 3 amide bonds. The summed E-state index contributed by atoms with van der Waals surface area (Å²) in [6, 6.07) is 1.71. The van der Waals surface area contributed by atoms with Crippen molar-refractivity contribution in [3.8, 4) is 0 Å². The first-order valence-electron chi connectivity index (χ1n) is 9.56. The predicted octanol–water partition coefficient (Wildman–Crippen LogP) is 1.69. The topological polar surface area (TPSA) is 78.9 Å². The number of carbonyl (C=O) groups excluding carboxylic acids is 2. The molecule has 0 bridgehead atoms. The van der Waals surface area contributed by atoms with E-state index in [0.717, 1.165) is 11.6 Å². The van der Waals surface area contributed by atoms with Crippen LogP contribution in [0, 0.1) is 12.8 Å². The van der Waals surface area contributed by atoms with Gasteiger partial charge in [0.15, 0.2) is 0 Å². The molecule has 0 unspecified atom stereocenters. The summed E-state index contributed by atoms with van der Waals surface area (Å²) in [6.45, 7) is 8.62. The Morgan fingerprint density at radius 3 is 2.56 bits per heavy atom. The van der Waals surface area contributed by atoms with Crippen LogP contribution in [-0.2, 0) is 9.53 Å². The van der Waals surface area contributed by atoms with Gasteiger partial charge in [0.05, 0.1) is 13.2 Å². The van der Waals surface area contributed by atoms with Crippen molar-refractivity contribution in [3.05, 3.63) is 18.1 Å². The average molecular weight is 375 g/mol. The Morgan fingerprint density at radius 2 is 1.96 bits per heavy atom. The number of aromatic nitrogens is 2. The summed E-state index contributed by atoms with van der Waals surface area (Å²) in [5, 5.41) is 0. The molecule has 27 heavy (non-hydrogen) atoms. The van der Waals surface area contributed by atoms with E-state index in [1.54, 1.807) is 18.2 Å². The number of imide groups is 1. The van der Waals surface area contributed by atoms with Gasteiger partial charge in [0, 0.05) is 32.9 Å². The molecule has 0 aromatic carbocycles. The molecule has 8 nitrogen and oxygen atoms in total. The van der Waals surface area contributed by atoms with Crippen molar-refractivity contribution in [3.63, 3.8) is 0 Å². The maximum atomic E-state index is 13.3. The third-order valence-corrected chi connectivity index (χ3v) is 5.36. The van der Waals surface area contributed by atoms with Crippen LogP contribution in [0.3, 0.4) is 0 Å². The first-order chi connectivity index (χ1) is 12.9. The highest BCUT2D eigenvalue weighted by Crippen LogP contribution is 2.38. The summed E-state index contributed by atoms with van der Waals surface area (Å²) in [7, 11) is 1.58. The van der Waals surface area contributed by atoms with Gasteiger partial charge in [-0.2, -0.15) is 0 Å². The van der Waals surface area contributed by atoms with Gasteiger partial charge >= 0.3 is 6.03 Å². The van der Waals surface area contributed by atoms with Gasteiger partial charge in [0.25, 0.3) is 5.91 Å². The fourth-order valence-corrected chi connectivity index (χ4v) is 3.99. The molecule has 0 aliphatic carbocycles. The number of aryl methyl sites for hydroxylation is 1. The number of hydrogen-bond donors (Lipinski definition) is 0. The Balaban J connectivity index is 1.81. The number of urea groups is 1. The quantitative estimate of drug-likeness (QED) is 0.704. The van der Waals surface area contributed by atoms with Crippen molar-refractivity contribution in [1.29, 1.82) is 0 Å². The highest BCUT2D eigenvalue weighted by atomic mass is 16.5. The van der Waals surface area contributed by atoms with E-state index < -0.39 is 5.54 Å². The molecule has 0 N–H and O–H groups in total. The summed E-state index contributed by atoms with van der Waals surface area (Å²) in [6.07, 6.45) is 2.97. The first kappa shape index (κ1) is 19.5. The van der Waals surface area contributed by atoms with E-state index in [4.69, 9.17) is 4.74 Å². The maximum absolute atomic E-state index is 13.3. The van der Waals surface area contributed by atoms with Crippen LogP contribution in [-0.4, -0.2) is 77.1 Å². The molecule has 1 aromatic heterocycles. The first-order valence-corrected chi connectivity index (χ1v) is 9.56. The lowest BCUT2D eigenvalue weighted by atomic mass is 9.85. The highest BCUT2D eigenvalue weighted by molar-refractivity contribution is 6.07. The molecule has 148 valence electrons. The van der Waals surface area contributed by atoms with Crippen LogP contribution in [0.4, 0.5) is 10.6 Å². The van der Waals surface area contributed by atoms with Crippen LogP contribution in [0.5, 0.6) is 0 Å². The van der Waals surface area contributed by atoms with Crippen LogP contribution in [0.1, 0.15) is 32.5 Å². The molecular formula is C19H29N5O3. The number of rotatable bonds is 6. The van der Waals surface area contributed by atoms with Gasteiger partial charge in [0.2, 0.25) is 0 Å². The molecule has 2 saturated heterocycles. The monoisotopic (exact) mass is 375 g/mol. The Bertz CT molecular complexity index is 700. The molecule has 8 heteroatoms. The standard InChI is InChI=1S/C19H29N5O3/c1-14(2)13-24-18(26)23(11-12-27-4)17(25)19(24)6-9-22(10-7-19)16-5-8-20-15(3)21-16/h5,8,14H,6-7,9-13H2,1-4H3. The minimum absolute atomic E-state index is 0.0799. The number of amides is 3. The largest absolute Gasteiger partial charge is 0.383 e. The lowest BCUT2D eigenvalue weighted by molar-refractivity contribution is -0.134. The summed E-state index contributed by atoms with van der Waals surface area (Å²) in [5.41, 5.74) is -0.742. The second kappa shape index (κ2) is 7.80. The van der Waals surface area contributed by atoms with E-state index in [0.29, 0.717) is 51.5 Å². The van der Waals surface area contributed by atoms with E-state index >= 15 is 0 Å². The SMILES string of the molecule is COCCN1C(=O)N(CC(C)C)C2(CCN(c3ccnc(C)n3)CC2)C1=O. The number of piperidine rings is 1. The Labute approximate surface area is 160 Å². The molecule has 2 fully saturated rings. The van der Waals surface area contributed by atoms with Crippen molar-refractivity contribution in [2.24, 2.45) is 5.92 Å². The number of anilines is 1. The highest BCUT2D eigenvalue weighted by Gasteiger charge is 2.57. The second-order valence-corrected chi connectivity index (χ2v) is 7.72. The fourth-order valence-electron chi connectivity index (χ4n) is 3.99. The summed E-state index contributed by atoms with van der Waals surface area (Å²) in [4.78, 5) is 40.2. The van der Waals surface area contributed by atoms with Gasteiger partial charge in [-0.25, -0.2) is 14.8 Å². The zero-order valence-corrected chi connectivity index (χ0v) is 16.6. The minimum Gasteiger partial charge on any atom is -0.383 e. The van der Waals surface area contributed by atoms with E-state index in [1.807, 2.05) is 13.0 Å².